The van der Waals surface area contributed by atoms with Crippen molar-refractivity contribution in [1.29, 1.82) is 0 Å². The zero-order chi connectivity index (χ0) is 13.8. The van der Waals surface area contributed by atoms with Gasteiger partial charge in [0.25, 0.3) is 0 Å². The largest absolute Gasteiger partial charge is 0.309 e. The molecule has 1 aromatic carbocycles. The Morgan fingerprint density at radius 2 is 2.16 bits per heavy atom. The van der Waals surface area contributed by atoms with Gasteiger partial charge < -0.3 is 4.90 Å². The van der Waals surface area contributed by atoms with E-state index in [2.05, 4.69) is 36.1 Å². The average molecular weight is 257 g/mol. The summed E-state index contributed by atoms with van der Waals surface area (Å²) in [6, 6.07) is 8.34. The van der Waals surface area contributed by atoms with Crippen molar-refractivity contribution in [2.24, 2.45) is 5.92 Å². The Labute approximate surface area is 116 Å². The number of benzene rings is 1. The first-order valence-corrected chi connectivity index (χ1v) is 7.02. The summed E-state index contributed by atoms with van der Waals surface area (Å²) in [5, 5.41) is 0. The van der Waals surface area contributed by atoms with Crippen LogP contribution in [-0.4, -0.2) is 31.3 Å². The molecular weight excluding hydrogens is 234 g/mol. The molecule has 0 spiro atoms. The summed E-state index contributed by atoms with van der Waals surface area (Å²) < 4.78 is 0. The molecule has 2 nitrogen and oxygen atoms in total. The van der Waals surface area contributed by atoms with Crippen LogP contribution in [0, 0.1) is 12.8 Å². The summed E-state index contributed by atoms with van der Waals surface area (Å²) in [5.41, 5.74) is 3.39. The van der Waals surface area contributed by atoms with Crippen molar-refractivity contribution in [3.63, 3.8) is 0 Å². The van der Waals surface area contributed by atoms with Crippen molar-refractivity contribution < 1.29 is 4.79 Å². The first kappa shape index (κ1) is 14.0. The third kappa shape index (κ3) is 3.77. The molecule has 1 aromatic rings. The minimum absolute atomic E-state index is 0.180. The van der Waals surface area contributed by atoms with E-state index in [0.717, 1.165) is 36.9 Å². The molecule has 0 aliphatic heterocycles. The highest BCUT2D eigenvalue weighted by molar-refractivity contribution is 6.01. The van der Waals surface area contributed by atoms with E-state index in [4.69, 9.17) is 0 Å². The molecule has 0 saturated heterocycles. The smallest absolute Gasteiger partial charge is 0.163 e. The van der Waals surface area contributed by atoms with E-state index in [1.54, 1.807) is 0 Å². The fourth-order valence-electron chi connectivity index (χ4n) is 2.77. The van der Waals surface area contributed by atoms with E-state index in [-0.39, 0.29) is 5.92 Å². The molecule has 1 fully saturated rings. The van der Waals surface area contributed by atoms with Crippen molar-refractivity contribution in [3.8, 4) is 0 Å². The van der Waals surface area contributed by atoms with Crippen LogP contribution in [0.5, 0.6) is 0 Å². The molecule has 0 amide bonds. The molecule has 1 unspecified atom stereocenters. The van der Waals surface area contributed by atoms with E-state index in [1.807, 2.05) is 20.2 Å². The molecule has 2 heteroatoms. The van der Waals surface area contributed by atoms with E-state index in [1.165, 1.54) is 5.56 Å². The maximum absolute atomic E-state index is 12.5. The maximum Gasteiger partial charge on any atom is 0.163 e. The Hall–Kier alpha value is -1.41. The number of aryl methyl sites for hydroxylation is 1. The van der Waals surface area contributed by atoms with Gasteiger partial charge in [-0.2, -0.15) is 0 Å². The summed E-state index contributed by atoms with van der Waals surface area (Å²) in [4.78, 5) is 14.6. The van der Waals surface area contributed by atoms with Gasteiger partial charge in [0.1, 0.15) is 0 Å². The first-order chi connectivity index (χ1) is 9.06. The van der Waals surface area contributed by atoms with Gasteiger partial charge in [-0.15, -0.1) is 0 Å². The van der Waals surface area contributed by atoms with Gasteiger partial charge in [-0.25, -0.2) is 0 Å². The van der Waals surface area contributed by atoms with Gasteiger partial charge in [0.15, 0.2) is 5.78 Å². The minimum atomic E-state index is 0.180. The van der Waals surface area contributed by atoms with Gasteiger partial charge in [0.2, 0.25) is 0 Å². The lowest BCUT2D eigenvalue weighted by molar-refractivity contribution is -0.120. The molecule has 0 N–H and O–H groups in total. The average Bonchev–Trinajstić information content (AvgIpc) is 2.34. The fourth-order valence-corrected chi connectivity index (χ4v) is 2.77. The van der Waals surface area contributed by atoms with Crippen LogP contribution in [-0.2, 0) is 4.79 Å². The van der Waals surface area contributed by atoms with Gasteiger partial charge in [-0.1, -0.05) is 29.8 Å². The molecule has 19 heavy (non-hydrogen) atoms. The topological polar surface area (TPSA) is 20.3 Å². The molecule has 0 heterocycles. The second kappa shape index (κ2) is 6.16. The highest BCUT2D eigenvalue weighted by Gasteiger charge is 2.26. The SMILES string of the molecule is Cc1cccc(/C=C2\CCCC(CN(C)C)C2=O)c1. The van der Waals surface area contributed by atoms with Gasteiger partial charge in [0.05, 0.1) is 0 Å². The summed E-state index contributed by atoms with van der Waals surface area (Å²) in [5.74, 6) is 0.529. The Kier molecular flexibility index (Phi) is 4.54. The lowest BCUT2D eigenvalue weighted by Gasteiger charge is -2.25. The molecule has 0 radical (unpaired) electrons. The number of allylic oxidation sites excluding steroid dienone is 1. The van der Waals surface area contributed by atoms with Crippen molar-refractivity contribution in [2.75, 3.05) is 20.6 Å². The third-order valence-corrected chi connectivity index (χ3v) is 3.65. The van der Waals surface area contributed by atoms with Crippen LogP contribution in [0.1, 0.15) is 30.4 Å². The van der Waals surface area contributed by atoms with Crippen LogP contribution in [0.15, 0.2) is 29.8 Å². The van der Waals surface area contributed by atoms with Crippen LogP contribution in [0.3, 0.4) is 0 Å². The molecule has 102 valence electrons. The Bertz CT molecular complexity index is 488. The molecule has 1 aliphatic carbocycles. The number of carbonyl (C=O) groups is 1. The van der Waals surface area contributed by atoms with Crippen LogP contribution in [0.4, 0.5) is 0 Å². The quantitative estimate of drug-likeness (QED) is 0.774. The Balaban J connectivity index is 2.17. The van der Waals surface area contributed by atoms with Crippen molar-refractivity contribution in [3.05, 3.63) is 41.0 Å². The number of carbonyl (C=O) groups excluding carboxylic acids is 1. The zero-order valence-corrected chi connectivity index (χ0v) is 12.1. The highest BCUT2D eigenvalue weighted by atomic mass is 16.1. The maximum atomic E-state index is 12.5. The number of nitrogens with zero attached hydrogens (tertiary/aromatic N) is 1. The van der Waals surface area contributed by atoms with Crippen LogP contribution >= 0.6 is 0 Å². The van der Waals surface area contributed by atoms with Crippen molar-refractivity contribution >= 4 is 11.9 Å². The molecule has 2 rings (SSSR count). The molecule has 1 atom stereocenters. The van der Waals surface area contributed by atoms with E-state index < -0.39 is 0 Å². The highest BCUT2D eigenvalue weighted by Crippen LogP contribution is 2.27. The standard InChI is InChI=1S/C17H23NO/c1-13-6-4-7-14(10-13)11-15-8-5-9-16(17(15)19)12-18(2)3/h4,6-7,10-11,16H,5,8-9,12H2,1-3H3/b15-11+. The summed E-state index contributed by atoms with van der Waals surface area (Å²) in [6.45, 7) is 2.95. The first-order valence-electron chi connectivity index (χ1n) is 7.02. The van der Waals surface area contributed by atoms with Gasteiger partial charge >= 0.3 is 0 Å². The second-order valence-electron chi connectivity index (χ2n) is 5.80. The van der Waals surface area contributed by atoms with Crippen LogP contribution in [0.2, 0.25) is 0 Å². The monoisotopic (exact) mass is 257 g/mol. The molecule has 0 bridgehead atoms. The normalized spacial score (nSPS) is 22.2. The summed E-state index contributed by atoms with van der Waals surface area (Å²) in [7, 11) is 4.07. The molecule has 1 saturated carbocycles. The second-order valence-corrected chi connectivity index (χ2v) is 5.80. The number of rotatable bonds is 3. The van der Waals surface area contributed by atoms with Gasteiger partial charge in [0, 0.05) is 12.5 Å². The van der Waals surface area contributed by atoms with E-state index in [9.17, 15) is 4.79 Å². The molecular formula is C17H23NO. The van der Waals surface area contributed by atoms with E-state index >= 15 is 0 Å². The third-order valence-electron chi connectivity index (χ3n) is 3.65. The Morgan fingerprint density at radius 1 is 1.37 bits per heavy atom. The summed E-state index contributed by atoms with van der Waals surface area (Å²) >= 11 is 0. The van der Waals surface area contributed by atoms with Crippen LogP contribution < -0.4 is 0 Å². The number of Topliss-reactive ketones (excluding diaryl/α,β-unsaturated/α-hetero) is 1. The minimum Gasteiger partial charge on any atom is -0.309 e. The lowest BCUT2D eigenvalue weighted by atomic mass is 9.83. The molecule has 1 aliphatic rings. The lowest BCUT2D eigenvalue weighted by Crippen LogP contribution is -2.31. The predicted molar refractivity (Wildman–Crippen MR) is 80.1 cm³/mol. The fraction of sp³-hybridized carbons (Fsp3) is 0.471. The van der Waals surface area contributed by atoms with Crippen molar-refractivity contribution in [1.82, 2.24) is 4.90 Å². The Morgan fingerprint density at radius 3 is 2.84 bits per heavy atom. The zero-order valence-electron chi connectivity index (χ0n) is 12.1. The predicted octanol–water partition coefficient (Wildman–Crippen LogP) is 3.31. The van der Waals surface area contributed by atoms with Crippen molar-refractivity contribution in [2.45, 2.75) is 26.2 Å². The molecule has 0 aromatic heterocycles. The summed E-state index contributed by atoms with van der Waals surface area (Å²) in [6.07, 6.45) is 5.16. The number of hydrogen-bond acceptors (Lipinski definition) is 2. The van der Waals surface area contributed by atoms with Crippen LogP contribution in [0.25, 0.3) is 6.08 Å². The van der Waals surface area contributed by atoms with E-state index in [0.29, 0.717) is 5.78 Å². The van der Waals surface area contributed by atoms with Gasteiger partial charge in [-0.3, -0.25) is 4.79 Å². The van der Waals surface area contributed by atoms with Gasteiger partial charge in [-0.05, 0) is 57.5 Å². The number of ketones is 1. The number of hydrogen-bond donors (Lipinski definition) is 0.